The molecule has 1 aliphatic rings. The molecule has 0 bridgehead atoms. The Kier molecular flexibility index (Phi) is 4.56. The summed E-state index contributed by atoms with van der Waals surface area (Å²) < 4.78 is 0. The van der Waals surface area contributed by atoms with Gasteiger partial charge in [-0.05, 0) is 30.9 Å². The van der Waals surface area contributed by atoms with E-state index in [2.05, 4.69) is 27.6 Å². The van der Waals surface area contributed by atoms with Crippen molar-refractivity contribution in [3.05, 3.63) is 52.4 Å². The summed E-state index contributed by atoms with van der Waals surface area (Å²) in [6.07, 6.45) is 5.26. The number of aromatic nitrogens is 2. The van der Waals surface area contributed by atoms with Crippen LogP contribution in [-0.2, 0) is 6.54 Å². The summed E-state index contributed by atoms with van der Waals surface area (Å²) in [5.74, 6) is 0. The Morgan fingerprint density at radius 2 is 2.25 bits per heavy atom. The smallest absolute Gasteiger partial charge is 0.129 e. The molecule has 0 saturated heterocycles. The maximum absolute atomic E-state index is 9.47. The SMILES string of the molecule is C=C1c2c(C)nc(SC)c(C#N)c2N=CN1Cc1ccnc(Cl)c1. The molecular weight excluding hydrogens is 342 g/mol. The molecule has 2 aromatic rings. The Balaban J connectivity index is 2.02. The van der Waals surface area contributed by atoms with E-state index in [0.29, 0.717) is 28.0 Å². The number of aliphatic imine (C=N–C) groups is 1. The first-order valence-electron chi connectivity index (χ1n) is 7.14. The van der Waals surface area contributed by atoms with Gasteiger partial charge in [-0.1, -0.05) is 18.2 Å². The third kappa shape index (κ3) is 2.88. The van der Waals surface area contributed by atoms with E-state index in [4.69, 9.17) is 11.6 Å². The summed E-state index contributed by atoms with van der Waals surface area (Å²) in [4.78, 5) is 14.9. The van der Waals surface area contributed by atoms with Crippen LogP contribution in [0, 0.1) is 18.3 Å². The quantitative estimate of drug-likeness (QED) is 0.610. The number of thioether (sulfide) groups is 1. The van der Waals surface area contributed by atoms with E-state index in [1.165, 1.54) is 11.8 Å². The van der Waals surface area contributed by atoms with Crippen molar-refractivity contribution >= 4 is 41.1 Å². The van der Waals surface area contributed by atoms with Gasteiger partial charge >= 0.3 is 0 Å². The Hall–Kier alpha value is -2.36. The summed E-state index contributed by atoms with van der Waals surface area (Å²) in [5.41, 5.74) is 4.52. The minimum Gasteiger partial charge on any atom is -0.328 e. The number of hydrogen-bond donors (Lipinski definition) is 0. The van der Waals surface area contributed by atoms with Crippen LogP contribution in [0.3, 0.4) is 0 Å². The number of pyridine rings is 2. The van der Waals surface area contributed by atoms with Gasteiger partial charge in [-0.15, -0.1) is 11.8 Å². The summed E-state index contributed by atoms with van der Waals surface area (Å²) in [7, 11) is 0. The number of nitriles is 1. The van der Waals surface area contributed by atoms with E-state index in [1.807, 2.05) is 24.1 Å². The number of nitrogens with zero attached hydrogens (tertiary/aromatic N) is 5. The Bertz CT molecular complexity index is 901. The zero-order valence-corrected chi connectivity index (χ0v) is 14.8. The summed E-state index contributed by atoms with van der Waals surface area (Å²) in [6, 6.07) is 5.91. The molecule has 0 unspecified atom stereocenters. The van der Waals surface area contributed by atoms with Crippen LogP contribution in [0.2, 0.25) is 5.15 Å². The van der Waals surface area contributed by atoms with E-state index in [-0.39, 0.29) is 0 Å². The molecule has 120 valence electrons. The molecule has 0 aliphatic carbocycles. The van der Waals surface area contributed by atoms with Crippen molar-refractivity contribution < 1.29 is 0 Å². The van der Waals surface area contributed by atoms with E-state index < -0.39 is 0 Å². The number of aryl methyl sites for hydroxylation is 1. The molecule has 0 spiro atoms. The standard InChI is InChI=1S/C17H14ClN5S/c1-10-15-11(2)23(8-12-4-5-20-14(18)6-12)9-21-16(15)13(7-19)17(22-10)24-3/h4-6,9H,2,8H2,1,3H3. The first kappa shape index (κ1) is 16.5. The highest BCUT2D eigenvalue weighted by atomic mass is 35.5. The van der Waals surface area contributed by atoms with Crippen LogP contribution in [0.5, 0.6) is 0 Å². The topological polar surface area (TPSA) is 65.2 Å². The van der Waals surface area contributed by atoms with Crippen LogP contribution >= 0.6 is 23.4 Å². The van der Waals surface area contributed by atoms with Crippen LogP contribution in [0.1, 0.15) is 22.4 Å². The van der Waals surface area contributed by atoms with Gasteiger partial charge in [0.05, 0.1) is 17.7 Å². The Morgan fingerprint density at radius 3 is 2.92 bits per heavy atom. The van der Waals surface area contributed by atoms with Gasteiger partial charge in [0.1, 0.15) is 21.8 Å². The van der Waals surface area contributed by atoms with Gasteiger partial charge in [0, 0.05) is 24.0 Å². The molecule has 0 fully saturated rings. The third-order valence-corrected chi connectivity index (χ3v) is 4.62. The zero-order valence-electron chi connectivity index (χ0n) is 13.2. The fraction of sp³-hybridized carbons (Fsp3) is 0.176. The fourth-order valence-corrected chi connectivity index (χ4v) is 3.37. The largest absolute Gasteiger partial charge is 0.328 e. The monoisotopic (exact) mass is 355 g/mol. The molecule has 3 heterocycles. The predicted molar refractivity (Wildman–Crippen MR) is 97.4 cm³/mol. The van der Waals surface area contributed by atoms with Crippen molar-refractivity contribution in [3.63, 3.8) is 0 Å². The Labute approximate surface area is 149 Å². The predicted octanol–water partition coefficient (Wildman–Crippen LogP) is 4.18. The van der Waals surface area contributed by atoms with Gasteiger partial charge in [-0.2, -0.15) is 5.26 Å². The lowest BCUT2D eigenvalue weighted by atomic mass is 10.0. The van der Waals surface area contributed by atoms with E-state index in [1.54, 1.807) is 18.6 Å². The number of halogens is 1. The van der Waals surface area contributed by atoms with Gasteiger partial charge in [0.2, 0.25) is 0 Å². The second-order valence-corrected chi connectivity index (χ2v) is 6.41. The normalized spacial score (nSPS) is 12.9. The van der Waals surface area contributed by atoms with Gasteiger partial charge < -0.3 is 4.90 Å². The Morgan fingerprint density at radius 1 is 1.46 bits per heavy atom. The molecular formula is C17H14ClN5S. The lowest BCUT2D eigenvalue weighted by Gasteiger charge is -2.28. The van der Waals surface area contributed by atoms with Gasteiger partial charge in [0.25, 0.3) is 0 Å². The lowest BCUT2D eigenvalue weighted by Crippen LogP contribution is -2.23. The number of hydrogen-bond acceptors (Lipinski definition) is 6. The summed E-state index contributed by atoms with van der Waals surface area (Å²) >= 11 is 7.38. The highest BCUT2D eigenvalue weighted by molar-refractivity contribution is 7.98. The third-order valence-electron chi connectivity index (χ3n) is 3.73. The number of rotatable bonds is 3. The highest BCUT2D eigenvalue weighted by Crippen LogP contribution is 2.39. The maximum atomic E-state index is 9.47. The van der Waals surface area contributed by atoms with Crippen molar-refractivity contribution in [2.75, 3.05) is 6.26 Å². The van der Waals surface area contributed by atoms with Crippen LogP contribution < -0.4 is 0 Å². The molecule has 0 saturated carbocycles. The van der Waals surface area contributed by atoms with Crippen molar-refractivity contribution in [2.24, 2.45) is 4.99 Å². The van der Waals surface area contributed by atoms with Crippen molar-refractivity contribution in [2.45, 2.75) is 18.5 Å². The van der Waals surface area contributed by atoms with Gasteiger partial charge in [0.15, 0.2) is 0 Å². The van der Waals surface area contributed by atoms with Gasteiger partial charge in [-0.25, -0.2) is 15.0 Å². The van der Waals surface area contributed by atoms with Crippen LogP contribution in [0.4, 0.5) is 5.69 Å². The molecule has 3 rings (SSSR count). The van der Waals surface area contributed by atoms with E-state index >= 15 is 0 Å². The molecule has 5 nitrogen and oxygen atoms in total. The van der Waals surface area contributed by atoms with Crippen molar-refractivity contribution in [1.82, 2.24) is 14.9 Å². The molecule has 0 N–H and O–H groups in total. The minimum absolute atomic E-state index is 0.446. The molecule has 0 radical (unpaired) electrons. The second-order valence-electron chi connectivity index (χ2n) is 5.22. The van der Waals surface area contributed by atoms with Crippen molar-refractivity contribution in [3.8, 4) is 6.07 Å². The van der Waals surface area contributed by atoms with Gasteiger partial charge in [-0.3, -0.25) is 0 Å². The minimum atomic E-state index is 0.446. The first-order chi connectivity index (χ1) is 11.5. The van der Waals surface area contributed by atoms with Crippen LogP contribution in [0.15, 0.2) is 34.9 Å². The molecule has 0 amide bonds. The summed E-state index contributed by atoms with van der Waals surface area (Å²) in [6.45, 7) is 6.65. The van der Waals surface area contributed by atoms with Crippen LogP contribution in [-0.4, -0.2) is 27.5 Å². The molecule has 2 aromatic heterocycles. The van der Waals surface area contributed by atoms with E-state index in [9.17, 15) is 5.26 Å². The number of fused-ring (bicyclic) bond motifs is 1. The van der Waals surface area contributed by atoms with Crippen LogP contribution in [0.25, 0.3) is 5.70 Å². The van der Waals surface area contributed by atoms with E-state index in [0.717, 1.165) is 22.5 Å². The average Bonchev–Trinajstić information content (AvgIpc) is 2.56. The molecule has 7 heteroatoms. The molecule has 24 heavy (non-hydrogen) atoms. The molecule has 0 aromatic carbocycles. The fourth-order valence-electron chi connectivity index (χ4n) is 2.60. The second kappa shape index (κ2) is 6.63. The highest BCUT2D eigenvalue weighted by Gasteiger charge is 2.24. The first-order valence-corrected chi connectivity index (χ1v) is 8.74. The summed E-state index contributed by atoms with van der Waals surface area (Å²) in [5, 5.41) is 10.6. The average molecular weight is 356 g/mol. The maximum Gasteiger partial charge on any atom is 0.129 e. The van der Waals surface area contributed by atoms with Crippen molar-refractivity contribution in [1.29, 1.82) is 5.26 Å². The molecule has 1 aliphatic heterocycles. The zero-order chi connectivity index (χ0) is 17.3. The molecule has 0 atom stereocenters. The lowest BCUT2D eigenvalue weighted by molar-refractivity contribution is 0.588.